The van der Waals surface area contributed by atoms with Crippen LogP contribution < -0.4 is 5.32 Å². The first kappa shape index (κ1) is 12.6. The van der Waals surface area contributed by atoms with Crippen molar-refractivity contribution in [3.05, 3.63) is 35.9 Å². The van der Waals surface area contributed by atoms with Gasteiger partial charge in [-0.3, -0.25) is 4.79 Å². The summed E-state index contributed by atoms with van der Waals surface area (Å²) < 4.78 is 5.16. The number of ether oxygens (including phenoxy) is 1. The van der Waals surface area contributed by atoms with Crippen molar-refractivity contribution < 1.29 is 19.4 Å². The Morgan fingerprint density at radius 1 is 1.22 bits per heavy atom. The van der Waals surface area contributed by atoms with Crippen molar-refractivity contribution in [1.82, 2.24) is 5.32 Å². The summed E-state index contributed by atoms with van der Waals surface area (Å²) in [5, 5.41) is 11.5. The summed E-state index contributed by atoms with van der Waals surface area (Å²) in [6, 6.07) is 9.52. The van der Waals surface area contributed by atoms with Crippen molar-refractivity contribution in [3.63, 3.8) is 0 Å². The fourth-order valence-electron chi connectivity index (χ4n) is 1.91. The van der Waals surface area contributed by atoms with Crippen LogP contribution in [0.2, 0.25) is 0 Å². The molecule has 0 aromatic heterocycles. The highest BCUT2D eigenvalue weighted by molar-refractivity contribution is 5.82. The highest BCUT2D eigenvalue weighted by Crippen LogP contribution is 2.19. The molecular formula is C13H15NO4. The third-order valence-corrected chi connectivity index (χ3v) is 2.90. The zero-order valence-corrected chi connectivity index (χ0v) is 9.83. The average Bonchev–Trinajstić information content (AvgIpc) is 2.87. The Morgan fingerprint density at radius 2 is 1.89 bits per heavy atom. The van der Waals surface area contributed by atoms with E-state index in [0.717, 1.165) is 5.56 Å². The topological polar surface area (TPSA) is 75.6 Å². The van der Waals surface area contributed by atoms with Crippen LogP contribution in [0.3, 0.4) is 0 Å². The molecule has 0 radical (unpaired) electrons. The highest BCUT2D eigenvalue weighted by atomic mass is 16.5. The molecular weight excluding hydrogens is 234 g/mol. The fraction of sp³-hybridized carbons (Fsp3) is 0.385. The van der Waals surface area contributed by atoms with Crippen LogP contribution >= 0.6 is 0 Å². The van der Waals surface area contributed by atoms with Gasteiger partial charge in [0.25, 0.3) is 0 Å². The molecule has 1 aromatic rings. The van der Waals surface area contributed by atoms with Crippen LogP contribution in [0.5, 0.6) is 0 Å². The van der Waals surface area contributed by atoms with Gasteiger partial charge in [0.2, 0.25) is 5.91 Å². The van der Waals surface area contributed by atoms with Crippen molar-refractivity contribution in [3.8, 4) is 0 Å². The summed E-state index contributed by atoms with van der Waals surface area (Å²) in [5.41, 5.74) is 0.999. The van der Waals surface area contributed by atoms with Gasteiger partial charge >= 0.3 is 5.97 Å². The van der Waals surface area contributed by atoms with Gasteiger partial charge in [-0.2, -0.15) is 0 Å². The lowest BCUT2D eigenvalue weighted by Gasteiger charge is -2.11. The first-order valence-corrected chi connectivity index (χ1v) is 5.86. The predicted molar refractivity (Wildman–Crippen MR) is 63.8 cm³/mol. The standard InChI is InChI=1S/C13H15NO4/c15-12(10-6-7-11(18-10)13(16)17)14-8-9-4-2-1-3-5-9/h1-5,10-11H,6-8H2,(H,14,15)(H,16,17). The number of amides is 1. The zero-order chi connectivity index (χ0) is 13.0. The molecule has 0 bridgehead atoms. The van der Waals surface area contributed by atoms with Gasteiger partial charge in [-0.15, -0.1) is 0 Å². The lowest BCUT2D eigenvalue weighted by atomic mass is 10.2. The van der Waals surface area contributed by atoms with Crippen molar-refractivity contribution in [1.29, 1.82) is 0 Å². The maximum Gasteiger partial charge on any atom is 0.332 e. The van der Waals surface area contributed by atoms with Crippen LogP contribution in [0.15, 0.2) is 30.3 Å². The maximum atomic E-state index is 11.8. The normalized spacial score (nSPS) is 22.7. The van der Waals surface area contributed by atoms with E-state index in [1.807, 2.05) is 30.3 Å². The number of nitrogens with one attached hydrogen (secondary N) is 1. The van der Waals surface area contributed by atoms with Crippen LogP contribution in [0.25, 0.3) is 0 Å². The monoisotopic (exact) mass is 249 g/mol. The summed E-state index contributed by atoms with van der Waals surface area (Å²) >= 11 is 0. The largest absolute Gasteiger partial charge is 0.479 e. The Hall–Kier alpha value is -1.88. The molecule has 0 spiro atoms. The number of carboxylic acid groups (broad SMARTS) is 1. The molecule has 18 heavy (non-hydrogen) atoms. The maximum absolute atomic E-state index is 11.8. The van der Waals surface area contributed by atoms with Gasteiger partial charge in [-0.05, 0) is 18.4 Å². The number of carbonyl (C=O) groups excluding carboxylic acids is 1. The molecule has 2 unspecified atom stereocenters. The van der Waals surface area contributed by atoms with Crippen LogP contribution in [0.4, 0.5) is 0 Å². The first-order chi connectivity index (χ1) is 8.66. The molecule has 5 nitrogen and oxygen atoms in total. The Bertz CT molecular complexity index is 432. The second-order valence-electron chi connectivity index (χ2n) is 4.23. The Balaban J connectivity index is 1.81. The van der Waals surface area contributed by atoms with Crippen LogP contribution in [-0.2, 0) is 20.9 Å². The molecule has 1 aliphatic heterocycles. The van der Waals surface area contributed by atoms with E-state index >= 15 is 0 Å². The smallest absolute Gasteiger partial charge is 0.332 e. The second kappa shape index (κ2) is 5.64. The minimum absolute atomic E-state index is 0.248. The molecule has 1 amide bonds. The van der Waals surface area contributed by atoms with Crippen molar-refractivity contribution in [2.75, 3.05) is 0 Å². The first-order valence-electron chi connectivity index (χ1n) is 5.86. The Kier molecular flexibility index (Phi) is 3.94. The lowest BCUT2D eigenvalue weighted by molar-refractivity contribution is -0.151. The van der Waals surface area contributed by atoms with Gasteiger partial charge in [-0.1, -0.05) is 30.3 Å². The predicted octanol–water partition coefficient (Wildman–Crippen LogP) is 0.935. The average molecular weight is 249 g/mol. The molecule has 1 aliphatic rings. The van der Waals surface area contributed by atoms with Gasteiger partial charge in [0.05, 0.1) is 0 Å². The number of carbonyl (C=O) groups is 2. The molecule has 2 rings (SSSR count). The molecule has 1 heterocycles. The summed E-state index contributed by atoms with van der Waals surface area (Å²) in [5.74, 6) is -1.25. The molecule has 5 heteroatoms. The van der Waals surface area contributed by atoms with Gasteiger partial charge in [0.1, 0.15) is 6.10 Å². The number of benzene rings is 1. The number of carboxylic acids is 1. The van der Waals surface area contributed by atoms with Crippen LogP contribution in [0.1, 0.15) is 18.4 Å². The number of hydrogen-bond acceptors (Lipinski definition) is 3. The fourth-order valence-corrected chi connectivity index (χ4v) is 1.91. The van der Waals surface area contributed by atoms with E-state index in [-0.39, 0.29) is 5.91 Å². The molecule has 2 N–H and O–H groups in total. The molecule has 0 saturated carbocycles. The minimum atomic E-state index is -1.01. The number of aliphatic carboxylic acids is 1. The second-order valence-corrected chi connectivity index (χ2v) is 4.23. The van der Waals surface area contributed by atoms with Gasteiger partial charge in [0, 0.05) is 6.54 Å². The molecule has 0 aliphatic carbocycles. The molecule has 1 fully saturated rings. The van der Waals surface area contributed by atoms with Crippen LogP contribution in [-0.4, -0.2) is 29.2 Å². The van der Waals surface area contributed by atoms with Crippen molar-refractivity contribution in [2.24, 2.45) is 0 Å². The molecule has 1 aromatic carbocycles. The van der Waals surface area contributed by atoms with E-state index in [4.69, 9.17) is 9.84 Å². The third-order valence-electron chi connectivity index (χ3n) is 2.90. The Morgan fingerprint density at radius 3 is 2.50 bits per heavy atom. The number of hydrogen-bond donors (Lipinski definition) is 2. The molecule has 1 saturated heterocycles. The van der Waals surface area contributed by atoms with Gasteiger partial charge in [-0.25, -0.2) is 4.79 Å². The Labute approximate surface area is 105 Å². The van der Waals surface area contributed by atoms with Gasteiger partial charge in [0.15, 0.2) is 6.10 Å². The molecule has 96 valence electrons. The van der Waals surface area contributed by atoms with E-state index in [0.29, 0.717) is 19.4 Å². The zero-order valence-electron chi connectivity index (χ0n) is 9.83. The summed E-state index contributed by atoms with van der Waals surface area (Å²) in [6.07, 6.45) is -0.650. The van der Waals surface area contributed by atoms with Crippen molar-refractivity contribution in [2.45, 2.75) is 31.6 Å². The summed E-state index contributed by atoms with van der Waals surface area (Å²) in [6.45, 7) is 0.428. The van der Waals surface area contributed by atoms with Crippen molar-refractivity contribution >= 4 is 11.9 Å². The lowest BCUT2D eigenvalue weighted by Crippen LogP contribution is -2.35. The summed E-state index contributed by atoms with van der Waals surface area (Å²) in [7, 11) is 0. The summed E-state index contributed by atoms with van der Waals surface area (Å²) in [4.78, 5) is 22.5. The third kappa shape index (κ3) is 3.07. The van der Waals surface area contributed by atoms with E-state index in [1.165, 1.54) is 0 Å². The van der Waals surface area contributed by atoms with E-state index in [2.05, 4.69) is 5.32 Å². The van der Waals surface area contributed by atoms with E-state index in [1.54, 1.807) is 0 Å². The SMILES string of the molecule is O=C(O)C1CCC(C(=O)NCc2ccccc2)O1. The van der Waals surface area contributed by atoms with Crippen LogP contribution in [0, 0.1) is 0 Å². The highest BCUT2D eigenvalue weighted by Gasteiger charge is 2.34. The quantitative estimate of drug-likeness (QED) is 0.832. The van der Waals surface area contributed by atoms with E-state index < -0.39 is 18.2 Å². The minimum Gasteiger partial charge on any atom is -0.479 e. The van der Waals surface area contributed by atoms with E-state index in [9.17, 15) is 9.59 Å². The molecule has 2 atom stereocenters. The van der Waals surface area contributed by atoms with Gasteiger partial charge < -0.3 is 15.2 Å². The number of rotatable bonds is 4.